The maximum atomic E-state index is 8.88. The zero-order chi connectivity index (χ0) is 16.9. The summed E-state index contributed by atoms with van der Waals surface area (Å²) in [4.78, 5) is 3.67. The summed E-state index contributed by atoms with van der Waals surface area (Å²) < 4.78 is 5.74. The SMILES string of the molecule is CSc1ccc([C@@H]2CN(C)Cc3cc(OCCCO)ccc32)cc1. The Bertz CT molecular complexity index is 672. The van der Waals surface area contributed by atoms with Crippen molar-refractivity contribution in [3.05, 3.63) is 59.2 Å². The van der Waals surface area contributed by atoms with Gasteiger partial charge in [0, 0.05) is 36.9 Å². The van der Waals surface area contributed by atoms with Gasteiger partial charge in [0.15, 0.2) is 0 Å². The molecule has 0 radical (unpaired) electrons. The number of ether oxygens (including phenoxy) is 1. The Morgan fingerprint density at radius 2 is 2.00 bits per heavy atom. The molecule has 3 rings (SSSR count). The van der Waals surface area contributed by atoms with E-state index in [1.807, 2.05) is 0 Å². The van der Waals surface area contributed by atoms with Crippen molar-refractivity contribution < 1.29 is 9.84 Å². The number of hydrogen-bond acceptors (Lipinski definition) is 4. The third kappa shape index (κ3) is 3.94. The van der Waals surface area contributed by atoms with Crippen LogP contribution in [0, 0.1) is 0 Å². The molecule has 0 unspecified atom stereocenters. The van der Waals surface area contributed by atoms with Crippen molar-refractivity contribution in [1.82, 2.24) is 4.90 Å². The zero-order valence-corrected chi connectivity index (χ0v) is 15.2. The van der Waals surface area contributed by atoms with Crippen molar-refractivity contribution in [3.8, 4) is 5.75 Å². The summed E-state index contributed by atoms with van der Waals surface area (Å²) in [5.74, 6) is 1.30. The molecule has 0 amide bonds. The van der Waals surface area contributed by atoms with Crippen molar-refractivity contribution >= 4 is 11.8 Å². The van der Waals surface area contributed by atoms with Gasteiger partial charge in [0.1, 0.15) is 5.75 Å². The third-order valence-corrected chi connectivity index (χ3v) is 5.26. The molecule has 0 saturated heterocycles. The highest BCUT2D eigenvalue weighted by atomic mass is 32.2. The standard InChI is InChI=1S/C20H25NO2S/c1-21-13-16-12-17(23-11-3-10-22)6-9-19(16)20(14-21)15-4-7-18(24-2)8-5-15/h4-9,12,20,22H,3,10-11,13-14H2,1-2H3/t20-/m0/s1. The minimum atomic E-state index is 0.168. The van der Waals surface area contributed by atoms with E-state index in [4.69, 9.17) is 9.84 Å². The Labute approximate surface area is 148 Å². The maximum Gasteiger partial charge on any atom is 0.119 e. The Balaban J connectivity index is 1.85. The van der Waals surface area contributed by atoms with Crippen LogP contribution >= 0.6 is 11.8 Å². The van der Waals surface area contributed by atoms with Crippen molar-refractivity contribution in [2.45, 2.75) is 23.8 Å². The van der Waals surface area contributed by atoms with E-state index in [0.717, 1.165) is 18.8 Å². The lowest BCUT2D eigenvalue weighted by Crippen LogP contribution is -2.31. The van der Waals surface area contributed by atoms with Gasteiger partial charge in [-0.15, -0.1) is 11.8 Å². The second-order valence-electron chi connectivity index (χ2n) is 6.31. The van der Waals surface area contributed by atoms with Crippen LogP contribution in [0.4, 0.5) is 0 Å². The van der Waals surface area contributed by atoms with Crippen LogP contribution in [0.25, 0.3) is 0 Å². The van der Waals surface area contributed by atoms with Gasteiger partial charge in [0.05, 0.1) is 6.61 Å². The number of fused-ring (bicyclic) bond motifs is 1. The van der Waals surface area contributed by atoms with Crippen molar-refractivity contribution in [3.63, 3.8) is 0 Å². The minimum absolute atomic E-state index is 0.168. The van der Waals surface area contributed by atoms with Gasteiger partial charge in [-0.05, 0) is 54.3 Å². The van der Waals surface area contributed by atoms with Crippen LogP contribution in [0.15, 0.2) is 47.4 Å². The summed E-state index contributed by atoms with van der Waals surface area (Å²) >= 11 is 1.78. The van der Waals surface area contributed by atoms with E-state index in [1.54, 1.807) is 11.8 Å². The molecule has 0 aromatic heterocycles. The zero-order valence-electron chi connectivity index (χ0n) is 14.4. The van der Waals surface area contributed by atoms with Crippen LogP contribution in [-0.4, -0.2) is 43.1 Å². The van der Waals surface area contributed by atoms with Gasteiger partial charge in [-0.1, -0.05) is 18.2 Å². The first kappa shape index (κ1) is 17.3. The van der Waals surface area contributed by atoms with E-state index in [9.17, 15) is 0 Å². The second kappa shape index (κ2) is 8.06. The summed E-state index contributed by atoms with van der Waals surface area (Å²) in [5.41, 5.74) is 4.11. The van der Waals surface area contributed by atoms with E-state index in [2.05, 4.69) is 60.7 Å². The van der Waals surface area contributed by atoms with E-state index < -0.39 is 0 Å². The smallest absolute Gasteiger partial charge is 0.119 e. The molecule has 3 nitrogen and oxygen atoms in total. The number of nitrogens with zero attached hydrogens (tertiary/aromatic N) is 1. The highest BCUT2D eigenvalue weighted by molar-refractivity contribution is 7.98. The molecule has 1 aliphatic rings. The van der Waals surface area contributed by atoms with Crippen molar-refractivity contribution in [2.24, 2.45) is 0 Å². The Kier molecular flexibility index (Phi) is 5.82. The predicted molar refractivity (Wildman–Crippen MR) is 100 cm³/mol. The van der Waals surface area contributed by atoms with Crippen LogP contribution in [0.1, 0.15) is 29.0 Å². The van der Waals surface area contributed by atoms with Crippen LogP contribution in [0.3, 0.4) is 0 Å². The van der Waals surface area contributed by atoms with Crippen molar-refractivity contribution in [1.29, 1.82) is 0 Å². The van der Waals surface area contributed by atoms with Gasteiger partial charge in [-0.25, -0.2) is 0 Å². The second-order valence-corrected chi connectivity index (χ2v) is 7.19. The number of likely N-dealkylation sites (N-methyl/N-ethyl adjacent to an activating group) is 1. The molecule has 1 aliphatic heterocycles. The van der Waals surface area contributed by atoms with Gasteiger partial charge in [-0.3, -0.25) is 0 Å². The molecule has 0 aliphatic carbocycles. The van der Waals surface area contributed by atoms with E-state index in [-0.39, 0.29) is 6.61 Å². The van der Waals surface area contributed by atoms with Gasteiger partial charge in [0.2, 0.25) is 0 Å². The number of benzene rings is 2. The molecule has 0 spiro atoms. The summed E-state index contributed by atoms with van der Waals surface area (Å²) in [7, 11) is 2.17. The van der Waals surface area contributed by atoms with E-state index >= 15 is 0 Å². The summed E-state index contributed by atoms with van der Waals surface area (Å²) in [6.45, 7) is 2.72. The first-order valence-electron chi connectivity index (χ1n) is 8.40. The molecular weight excluding hydrogens is 318 g/mol. The van der Waals surface area contributed by atoms with Crippen LogP contribution in [0.2, 0.25) is 0 Å². The minimum Gasteiger partial charge on any atom is -0.493 e. The molecule has 0 saturated carbocycles. The van der Waals surface area contributed by atoms with Crippen molar-refractivity contribution in [2.75, 3.05) is 33.1 Å². The van der Waals surface area contributed by atoms with Crippen LogP contribution in [0.5, 0.6) is 5.75 Å². The molecule has 4 heteroatoms. The summed E-state index contributed by atoms with van der Waals surface area (Å²) in [6.07, 6.45) is 2.78. The highest BCUT2D eigenvalue weighted by Gasteiger charge is 2.25. The molecule has 24 heavy (non-hydrogen) atoms. The largest absolute Gasteiger partial charge is 0.493 e. The third-order valence-electron chi connectivity index (χ3n) is 4.51. The van der Waals surface area contributed by atoms with Gasteiger partial charge in [-0.2, -0.15) is 0 Å². The summed E-state index contributed by atoms with van der Waals surface area (Å²) in [6, 6.07) is 15.4. The lowest BCUT2D eigenvalue weighted by atomic mass is 9.85. The fourth-order valence-electron chi connectivity index (χ4n) is 3.29. The van der Waals surface area contributed by atoms with Gasteiger partial charge in [0.25, 0.3) is 0 Å². The predicted octanol–water partition coefficient (Wildman–Crippen LogP) is 3.75. The number of thioether (sulfide) groups is 1. The van der Waals surface area contributed by atoms with E-state index in [1.165, 1.54) is 21.6 Å². The fraction of sp³-hybridized carbons (Fsp3) is 0.400. The molecular formula is C20H25NO2S. The molecule has 1 N–H and O–H groups in total. The molecule has 128 valence electrons. The number of hydrogen-bond donors (Lipinski definition) is 1. The Morgan fingerprint density at radius 3 is 2.71 bits per heavy atom. The Morgan fingerprint density at radius 1 is 1.21 bits per heavy atom. The van der Waals surface area contributed by atoms with Crippen LogP contribution < -0.4 is 4.74 Å². The molecule has 0 bridgehead atoms. The fourth-order valence-corrected chi connectivity index (χ4v) is 3.70. The first-order chi connectivity index (χ1) is 11.7. The number of rotatable bonds is 6. The van der Waals surface area contributed by atoms with E-state index in [0.29, 0.717) is 18.9 Å². The number of aliphatic hydroxyl groups is 1. The Hall–Kier alpha value is -1.49. The quantitative estimate of drug-likeness (QED) is 0.640. The molecule has 2 aromatic rings. The van der Waals surface area contributed by atoms with Gasteiger partial charge < -0.3 is 14.7 Å². The topological polar surface area (TPSA) is 32.7 Å². The average Bonchev–Trinajstić information content (AvgIpc) is 2.61. The average molecular weight is 343 g/mol. The summed E-state index contributed by atoms with van der Waals surface area (Å²) in [5, 5.41) is 8.88. The lowest BCUT2D eigenvalue weighted by Gasteiger charge is -2.33. The normalized spacial score (nSPS) is 17.5. The molecule has 2 aromatic carbocycles. The molecule has 1 atom stereocenters. The monoisotopic (exact) mass is 343 g/mol. The maximum absolute atomic E-state index is 8.88. The highest BCUT2D eigenvalue weighted by Crippen LogP contribution is 2.35. The lowest BCUT2D eigenvalue weighted by molar-refractivity contribution is 0.233. The first-order valence-corrected chi connectivity index (χ1v) is 9.62. The van der Waals surface area contributed by atoms with Crippen LogP contribution in [-0.2, 0) is 6.54 Å². The molecule has 0 fully saturated rings. The number of aliphatic hydroxyl groups excluding tert-OH is 1. The van der Waals surface area contributed by atoms with Gasteiger partial charge >= 0.3 is 0 Å². The molecule has 1 heterocycles.